The molecule has 1 N–H and O–H groups in total. The first-order chi connectivity index (χ1) is 11.5. The van der Waals surface area contributed by atoms with Gasteiger partial charge in [-0.2, -0.15) is 5.10 Å². The van der Waals surface area contributed by atoms with Crippen molar-refractivity contribution in [2.45, 2.75) is 46.6 Å². The first-order valence-electron chi connectivity index (χ1n) is 8.88. The molecule has 24 heavy (non-hydrogen) atoms. The maximum atomic E-state index is 4.44. The van der Waals surface area contributed by atoms with E-state index in [1.54, 1.807) is 0 Å². The Morgan fingerprint density at radius 2 is 2.08 bits per heavy atom. The highest BCUT2D eigenvalue weighted by atomic mass is 15.4. The van der Waals surface area contributed by atoms with Crippen LogP contribution < -0.4 is 5.32 Å². The maximum Gasteiger partial charge on any atom is 0.176 e. The number of nitrogens with one attached hydrogen (secondary N) is 1. The fraction of sp³-hybridized carbons (Fsp3) is 0.611. The number of hydrogen-bond acceptors (Lipinski definition) is 5. The minimum absolute atomic E-state index is 0.602. The van der Waals surface area contributed by atoms with Crippen LogP contribution in [0.15, 0.2) is 18.2 Å². The van der Waals surface area contributed by atoms with Crippen LogP contribution in [0.1, 0.15) is 38.1 Å². The molecule has 2 aromatic rings. The van der Waals surface area contributed by atoms with Crippen LogP contribution in [0.3, 0.4) is 0 Å². The predicted molar refractivity (Wildman–Crippen MR) is 96.6 cm³/mol. The van der Waals surface area contributed by atoms with Gasteiger partial charge < -0.3 is 5.32 Å². The van der Waals surface area contributed by atoms with E-state index >= 15 is 0 Å². The second kappa shape index (κ2) is 7.30. The zero-order valence-corrected chi connectivity index (χ0v) is 15.2. The van der Waals surface area contributed by atoms with Crippen molar-refractivity contribution in [3.05, 3.63) is 29.6 Å². The van der Waals surface area contributed by atoms with Crippen LogP contribution in [0.4, 0.5) is 5.82 Å². The van der Waals surface area contributed by atoms with Crippen molar-refractivity contribution in [1.82, 2.24) is 24.9 Å². The summed E-state index contributed by atoms with van der Waals surface area (Å²) in [7, 11) is 0. The number of rotatable bonds is 6. The van der Waals surface area contributed by atoms with E-state index in [1.165, 1.54) is 25.9 Å². The molecule has 0 amide bonds. The topological polar surface area (TPSA) is 58.9 Å². The SMILES string of the molecule is Cc1cc(C)n(-c2ccc(NC[C@H]3CCCN3CC(C)C)nn2)n1. The van der Waals surface area contributed by atoms with Gasteiger partial charge in [-0.05, 0) is 57.4 Å². The van der Waals surface area contributed by atoms with Gasteiger partial charge >= 0.3 is 0 Å². The van der Waals surface area contributed by atoms with Gasteiger partial charge in [-0.15, -0.1) is 10.2 Å². The third-order valence-electron chi connectivity index (χ3n) is 4.49. The average Bonchev–Trinajstić information content (AvgIpc) is 3.11. The molecule has 0 aliphatic carbocycles. The summed E-state index contributed by atoms with van der Waals surface area (Å²) in [6, 6.07) is 6.59. The van der Waals surface area contributed by atoms with Crippen LogP contribution >= 0.6 is 0 Å². The fourth-order valence-corrected chi connectivity index (χ4v) is 3.45. The van der Waals surface area contributed by atoms with Crippen molar-refractivity contribution in [3.63, 3.8) is 0 Å². The van der Waals surface area contributed by atoms with E-state index < -0.39 is 0 Å². The summed E-state index contributed by atoms with van der Waals surface area (Å²) < 4.78 is 1.83. The second-order valence-electron chi connectivity index (χ2n) is 7.18. The molecule has 0 unspecified atom stereocenters. The zero-order chi connectivity index (χ0) is 17.1. The zero-order valence-electron chi connectivity index (χ0n) is 15.2. The van der Waals surface area contributed by atoms with E-state index in [9.17, 15) is 0 Å². The molecular formula is C18H28N6. The molecule has 1 aliphatic rings. The lowest BCUT2D eigenvalue weighted by Crippen LogP contribution is -2.37. The van der Waals surface area contributed by atoms with Gasteiger partial charge in [0.2, 0.25) is 0 Å². The van der Waals surface area contributed by atoms with E-state index in [-0.39, 0.29) is 0 Å². The molecule has 3 heterocycles. The Labute approximate surface area is 144 Å². The number of likely N-dealkylation sites (tertiary alicyclic amines) is 1. The van der Waals surface area contributed by atoms with E-state index in [0.717, 1.165) is 29.6 Å². The Morgan fingerprint density at radius 1 is 1.25 bits per heavy atom. The van der Waals surface area contributed by atoms with Crippen molar-refractivity contribution < 1.29 is 0 Å². The minimum Gasteiger partial charge on any atom is -0.367 e. The van der Waals surface area contributed by atoms with Gasteiger partial charge in [0.1, 0.15) is 5.82 Å². The van der Waals surface area contributed by atoms with Crippen molar-refractivity contribution in [3.8, 4) is 5.82 Å². The van der Waals surface area contributed by atoms with Gasteiger partial charge in [0.25, 0.3) is 0 Å². The van der Waals surface area contributed by atoms with Gasteiger partial charge in [-0.25, -0.2) is 4.68 Å². The largest absolute Gasteiger partial charge is 0.367 e. The first-order valence-corrected chi connectivity index (χ1v) is 8.88. The van der Waals surface area contributed by atoms with Crippen LogP contribution in [0.5, 0.6) is 0 Å². The van der Waals surface area contributed by atoms with Crippen LogP contribution in [0.25, 0.3) is 5.82 Å². The van der Waals surface area contributed by atoms with E-state index in [2.05, 4.69) is 39.4 Å². The van der Waals surface area contributed by atoms with Crippen molar-refractivity contribution in [1.29, 1.82) is 0 Å². The van der Waals surface area contributed by atoms with Crippen LogP contribution in [0, 0.1) is 19.8 Å². The van der Waals surface area contributed by atoms with Crippen molar-refractivity contribution in [2.24, 2.45) is 5.92 Å². The Kier molecular flexibility index (Phi) is 5.14. The van der Waals surface area contributed by atoms with Crippen LogP contribution in [0.2, 0.25) is 0 Å². The van der Waals surface area contributed by atoms with Gasteiger partial charge in [0.15, 0.2) is 5.82 Å². The summed E-state index contributed by atoms with van der Waals surface area (Å²) in [5.41, 5.74) is 2.06. The minimum atomic E-state index is 0.602. The predicted octanol–water partition coefficient (Wildman–Crippen LogP) is 2.81. The lowest BCUT2D eigenvalue weighted by atomic mass is 10.1. The summed E-state index contributed by atoms with van der Waals surface area (Å²) in [5.74, 6) is 2.30. The molecule has 6 heteroatoms. The molecule has 130 valence electrons. The summed E-state index contributed by atoms with van der Waals surface area (Å²) in [5, 5.41) is 16.5. The third kappa shape index (κ3) is 3.93. The van der Waals surface area contributed by atoms with E-state index in [0.29, 0.717) is 12.0 Å². The molecule has 1 aliphatic heterocycles. The van der Waals surface area contributed by atoms with Gasteiger partial charge in [-0.3, -0.25) is 4.90 Å². The summed E-state index contributed by atoms with van der Waals surface area (Å²) in [6.07, 6.45) is 2.55. The number of aryl methyl sites for hydroxylation is 2. The molecule has 0 aromatic carbocycles. The first kappa shape index (κ1) is 16.9. The second-order valence-corrected chi connectivity index (χ2v) is 7.18. The standard InChI is InChI=1S/C18H28N6/c1-13(2)12-23-9-5-6-16(23)11-19-17-7-8-18(21-20-17)24-15(4)10-14(3)22-24/h7-8,10,13,16H,5-6,9,11-12H2,1-4H3,(H,19,20)/t16-/m1/s1. The maximum absolute atomic E-state index is 4.44. The molecule has 0 bridgehead atoms. The number of aromatic nitrogens is 4. The highest BCUT2D eigenvalue weighted by Gasteiger charge is 2.24. The van der Waals surface area contributed by atoms with Gasteiger partial charge in [-0.1, -0.05) is 13.8 Å². The van der Waals surface area contributed by atoms with E-state index in [1.807, 2.05) is 36.7 Å². The molecule has 0 saturated carbocycles. The quantitative estimate of drug-likeness (QED) is 0.883. The molecule has 1 saturated heterocycles. The molecular weight excluding hydrogens is 300 g/mol. The Hall–Kier alpha value is -1.95. The highest BCUT2D eigenvalue weighted by Crippen LogP contribution is 2.19. The molecule has 0 radical (unpaired) electrons. The summed E-state index contributed by atoms with van der Waals surface area (Å²) in [6.45, 7) is 11.9. The monoisotopic (exact) mass is 328 g/mol. The molecule has 0 spiro atoms. The molecule has 2 aromatic heterocycles. The lowest BCUT2D eigenvalue weighted by molar-refractivity contribution is 0.234. The van der Waals surface area contributed by atoms with Gasteiger partial charge in [0.05, 0.1) is 5.69 Å². The summed E-state index contributed by atoms with van der Waals surface area (Å²) in [4.78, 5) is 2.59. The Bertz CT molecular complexity index is 661. The summed E-state index contributed by atoms with van der Waals surface area (Å²) >= 11 is 0. The third-order valence-corrected chi connectivity index (χ3v) is 4.49. The van der Waals surface area contributed by atoms with Crippen LogP contribution in [-0.2, 0) is 0 Å². The molecule has 6 nitrogen and oxygen atoms in total. The average molecular weight is 328 g/mol. The fourth-order valence-electron chi connectivity index (χ4n) is 3.45. The highest BCUT2D eigenvalue weighted by molar-refractivity contribution is 5.37. The smallest absolute Gasteiger partial charge is 0.176 e. The number of hydrogen-bond donors (Lipinski definition) is 1. The molecule has 3 rings (SSSR count). The lowest BCUT2D eigenvalue weighted by Gasteiger charge is -2.26. The Balaban J connectivity index is 1.59. The number of anilines is 1. The van der Waals surface area contributed by atoms with Crippen molar-refractivity contribution in [2.75, 3.05) is 25.0 Å². The Morgan fingerprint density at radius 3 is 2.71 bits per heavy atom. The van der Waals surface area contributed by atoms with Crippen molar-refractivity contribution >= 4 is 5.82 Å². The number of nitrogens with zero attached hydrogens (tertiary/aromatic N) is 5. The van der Waals surface area contributed by atoms with Gasteiger partial charge in [0, 0.05) is 24.8 Å². The van der Waals surface area contributed by atoms with Crippen LogP contribution in [-0.4, -0.2) is 50.6 Å². The molecule has 1 atom stereocenters. The normalized spacial score (nSPS) is 18.5. The van der Waals surface area contributed by atoms with E-state index in [4.69, 9.17) is 0 Å². The molecule has 1 fully saturated rings.